The van der Waals surface area contributed by atoms with Gasteiger partial charge in [-0.25, -0.2) is 9.59 Å². The normalized spacial score (nSPS) is 6.92. The molecule has 76 valence electrons. The predicted octanol–water partition coefficient (Wildman–Crippen LogP) is -0.683. The zero-order valence-corrected chi connectivity index (χ0v) is 7.99. The zero-order valence-electron chi connectivity index (χ0n) is 6.88. The van der Waals surface area contributed by atoms with Gasteiger partial charge in [-0.15, -0.1) is 0 Å². The molecule has 0 aliphatic rings. The van der Waals surface area contributed by atoms with E-state index in [-0.39, 0.29) is 17.1 Å². The maximum Gasteiger partial charge on any atom is 0.371 e. The van der Waals surface area contributed by atoms with Crippen LogP contribution in [0, 0.1) is 0 Å². The second kappa shape index (κ2) is 8.89. The van der Waals surface area contributed by atoms with Gasteiger partial charge in [-0.1, -0.05) is 0 Å². The molecule has 0 rings (SSSR count). The first-order valence-electron chi connectivity index (χ1n) is 2.76. The van der Waals surface area contributed by atoms with Crippen molar-refractivity contribution in [3.05, 3.63) is 0 Å². The summed E-state index contributed by atoms with van der Waals surface area (Å²) in [6, 6.07) is 0. The SMILES string of the molecule is CC(=O)C(=O)O.CC(=O)C(=O)O.[Fe]. The maximum absolute atomic E-state index is 9.54. The Bertz CT molecular complexity index is 173. The Hall–Kier alpha value is -1.20. The van der Waals surface area contributed by atoms with E-state index >= 15 is 0 Å². The van der Waals surface area contributed by atoms with Gasteiger partial charge in [0.05, 0.1) is 0 Å². The van der Waals surface area contributed by atoms with Crippen LogP contribution in [-0.4, -0.2) is 33.7 Å². The fourth-order valence-corrected chi connectivity index (χ4v) is 0. The number of rotatable bonds is 2. The van der Waals surface area contributed by atoms with E-state index in [1.807, 2.05) is 0 Å². The summed E-state index contributed by atoms with van der Waals surface area (Å²) in [5.41, 5.74) is 0. The number of carbonyl (C=O) groups is 4. The summed E-state index contributed by atoms with van der Waals surface area (Å²) in [4.78, 5) is 37.8. The zero-order chi connectivity index (χ0) is 10.3. The molecule has 0 saturated carbocycles. The van der Waals surface area contributed by atoms with Crippen LogP contribution >= 0.6 is 0 Å². The molecule has 0 fully saturated rings. The number of aliphatic carboxylic acids is 2. The van der Waals surface area contributed by atoms with Crippen molar-refractivity contribution in [2.24, 2.45) is 0 Å². The molecule has 2 N–H and O–H groups in total. The van der Waals surface area contributed by atoms with E-state index in [1.54, 1.807) is 0 Å². The van der Waals surface area contributed by atoms with E-state index in [4.69, 9.17) is 10.2 Å². The minimum Gasteiger partial charge on any atom is -0.476 e. The van der Waals surface area contributed by atoms with Gasteiger partial charge in [0.15, 0.2) is 0 Å². The second-order valence-corrected chi connectivity index (χ2v) is 1.72. The minimum absolute atomic E-state index is 0. The van der Waals surface area contributed by atoms with Gasteiger partial charge in [-0.05, 0) is 0 Å². The standard InChI is InChI=1S/2C3H4O3.Fe/c2*1-2(4)3(5)6;/h2*1H3,(H,5,6);. The van der Waals surface area contributed by atoms with Gasteiger partial charge < -0.3 is 10.2 Å². The summed E-state index contributed by atoms with van der Waals surface area (Å²) in [7, 11) is 0. The summed E-state index contributed by atoms with van der Waals surface area (Å²) in [6.45, 7) is 2.00. The molecule has 13 heavy (non-hydrogen) atoms. The molecule has 0 saturated heterocycles. The molecule has 0 unspecified atom stereocenters. The number of carboxylic acids is 2. The molecule has 0 aromatic carbocycles. The molecule has 0 spiro atoms. The van der Waals surface area contributed by atoms with Crippen molar-refractivity contribution in [3.8, 4) is 0 Å². The number of Topliss-reactive ketones (excluding diaryl/α,β-unsaturated/α-hetero) is 2. The summed E-state index contributed by atoms with van der Waals surface area (Å²) in [5, 5.41) is 15.3. The van der Waals surface area contributed by atoms with Crippen molar-refractivity contribution in [1.82, 2.24) is 0 Å². The van der Waals surface area contributed by atoms with E-state index < -0.39 is 23.5 Å². The molecular weight excluding hydrogens is 224 g/mol. The third-order valence-corrected chi connectivity index (χ3v) is 0.602. The second-order valence-electron chi connectivity index (χ2n) is 1.72. The number of hydrogen-bond donors (Lipinski definition) is 2. The van der Waals surface area contributed by atoms with E-state index in [2.05, 4.69) is 0 Å². The molecule has 0 amide bonds. The van der Waals surface area contributed by atoms with Crippen molar-refractivity contribution >= 4 is 23.5 Å². The minimum atomic E-state index is -1.38. The number of carbonyl (C=O) groups excluding carboxylic acids is 2. The van der Waals surface area contributed by atoms with Crippen LogP contribution in [0.1, 0.15) is 13.8 Å². The Labute approximate surface area is 84.4 Å². The first-order valence-corrected chi connectivity index (χ1v) is 2.76. The first-order chi connectivity index (χ1) is 5.29. The van der Waals surface area contributed by atoms with Gasteiger partial charge in [-0.3, -0.25) is 9.59 Å². The third kappa shape index (κ3) is 18.1. The largest absolute Gasteiger partial charge is 0.476 e. The summed E-state index contributed by atoms with van der Waals surface area (Å²) in [5.74, 6) is -4.41. The van der Waals surface area contributed by atoms with Crippen LogP contribution in [0.5, 0.6) is 0 Å². The molecule has 0 heterocycles. The number of hydrogen-bond acceptors (Lipinski definition) is 4. The number of ketones is 2. The quantitative estimate of drug-likeness (QED) is 0.482. The van der Waals surface area contributed by atoms with Crippen LogP contribution < -0.4 is 0 Å². The van der Waals surface area contributed by atoms with Crippen molar-refractivity contribution < 1.29 is 46.5 Å². The van der Waals surface area contributed by atoms with Crippen LogP contribution in [0.4, 0.5) is 0 Å². The molecule has 0 atom stereocenters. The third-order valence-electron chi connectivity index (χ3n) is 0.602. The van der Waals surface area contributed by atoms with Crippen LogP contribution in [0.3, 0.4) is 0 Å². The molecule has 0 aromatic heterocycles. The molecule has 0 bridgehead atoms. The molecule has 6 nitrogen and oxygen atoms in total. The summed E-state index contributed by atoms with van der Waals surface area (Å²) >= 11 is 0. The smallest absolute Gasteiger partial charge is 0.371 e. The van der Waals surface area contributed by atoms with Gasteiger partial charge in [0.2, 0.25) is 11.6 Å². The van der Waals surface area contributed by atoms with Crippen LogP contribution in [0.2, 0.25) is 0 Å². The van der Waals surface area contributed by atoms with Crippen molar-refractivity contribution in [2.75, 3.05) is 0 Å². The molecule has 0 aliphatic carbocycles. The molecule has 0 radical (unpaired) electrons. The fraction of sp³-hybridized carbons (Fsp3) is 0.333. The number of carboxylic acid groups (broad SMARTS) is 2. The van der Waals surface area contributed by atoms with E-state index in [1.165, 1.54) is 0 Å². The van der Waals surface area contributed by atoms with Gasteiger partial charge >= 0.3 is 11.9 Å². The summed E-state index contributed by atoms with van der Waals surface area (Å²) in [6.07, 6.45) is 0. The molecular formula is C6H8FeO6. The Morgan fingerprint density at radius 1 is 0.769 bits per heavy atom. The van der Waals surface area contributed by atoms with E-state index in [0.29, 0.717) is 0 Å². The van der Waals surface area contributed by atoms with Crippen LogP contribution in [0.25, 0.3) is 0 Å². The van der Waals surface area contributed by atoms with Crippen LogP contribution in [-0.2, 0) is 36.2 Å². The fourth-order valence-electron chi connectivity index (χ4n) is 0. The van der Waals surface area contributed by atoms with Crippen LogP contribution in [0.15, 0.2) is 0 Å². The molecule has 0 aromatic rings. The molecule has 0 aliphatic heterocycles. The van der Waals surface area contributed by atoms with Gasteiger partial charge in [0, 0.05) is 30.9 Å². The Kier molecular flexibility index (Phi) is 12.2. The first kappa shape index (κ1) is 17.8. The average Bonchev–Trinajstić information content (AvgIpc) is 1.88. The Balaban J connectivity index is -0.000000143. The van der Waals surface area contributed by atoms with Gasteiger partial charge in [-0.2, -0.15) is 0 Å². The maximum atomic E-state index is 9.54. The topological polar surface area (TPSA) is 109 Å². The Morgan fingerprint density at radius 2 is 0.846 bits per heavy atom. The van der Waals surface area contributed by atoms with E-state index in [9.17, 15) is 19.2 Å². The van der Waals surface area contributed by atoms with Gasteiger partial charge in [0.1, 0.15) is 0 Å². The predicted molar refractivity (Wildman–Crippen MR) is 36.6 cm³/mol. The summed E-state index contributed by atoms with van der Waals surface area (Å²) < 4.78 is 0. The Morgan fingerprint density at radius 3 is 0.846 bits per heavy atom. The van der Waals surface area contributed by atoms with Crippen molar-refractivity contribution in [3.63, 3.8) is 0 Å². The monoisotopic (exact) mass is 232 g/mol. The average molecular weight is 232 g/mol. The van der Waals surface area contributed by atoms with Gasteiger partial charge in [0.25, 0.3) is 0 Å². The van der Waals surface area contributed by atoms with Crippen molar-refractivity contribution in [1.29, 1.82) is 0 Å². The van der Waals surface area contributed by atoms with Crippen molar-refractivity contribution in [2.45, 2.75) is 13.8 Å². The molecule has 7 heteroatoms. The van der Waals surface area contributed by atoms with E-state index in [0.717, 1.165) is 13.8 Å².